The molecule has 5 rings (SSSR count). The van der Waals surface area contributed by atoms with Gasteiger partial charge in [0.15, 0.2) is 0 Å². The molecule has 1 amide bonds. The Balaban J connectivity index is 1.06. The summed E-state index contributed by atoms with van der Waals surface area (Å²) in [5.74, 6) is 1.32. The van der Waals surface area contributed by atoms with Crippen molar-refractivity contribution in [1.82, 2.24) is 15.2 Å². The first-order valence-electron chi connectivity index (χ1n) is 12.4. The summed E-state index contributed by atoms with van der Waals surface area (Å²) in [4.78, 5) is 19.5. The Hall–Kier alpha value is -2.96. The molecule has 1 saturated carbocycles. The van der Waals surface area contributed by atoms with E-state index in [9.17, 15) is 9.90 Å². The van der Waals surface area contributed by atoms with E-state index in [2.05, 4.69) is 57.8 Å². The van der Waals surface area contributed by atoms with Crippen LogP contribution in [0.3, 0.4) is 0 Å². The maximum Gasteiger partial charge on any atom is 0.239 e. The van der Waals surface area contributed by atoms with E-state index < -0.39 is 0 Å². The van der Waals surface area contributed by atoms with Crippen molar-refractivity contribution in [3.63, 3.8) is 0 Å². The smallest absolute Gasteiger partial charge is 0.239 e. The molecule has 0 unspecified atom stereocenters. The van der Waals surface area contributed by atoms with Gasteiger partial charge in [-0.25, -0.2) is 4.98 Å². The molecule has 1 aliphatic carbocycles. The molecule has 3 aromatic rings. The zero-order chi connectivity index (χ0) is 23.5. The van der Waals surface area contributed by atoms with Crippen molar-refractivity contribution in [2.24, 2.45) is 0 Å². The van der Waals surface area contributed by atoms with Gasteiger partial charge in [-0.05, 0) is 67.2 Å². The van der Waals surface area contributed by atoms with E-state index in [1.165, 1.54) is 24.0 Å². The first-order chi connectivity index (χ1) is 16.6. The lowest BCUT2D eigenvalue weighted by Gasteiger charge is -2.47. The Kier molecular flexibility index (Phi) is 6.79. The fourth-order valence-corrected chi connectivity index (χ4v) is 5.60. The van der Waals surface area contributed by atoms with E-state index >= 15 is 0 Å². The molecule has 0 atom stereocenters. The highest BCUT2D eigenvalue weighted by Crippen LogP contribution is 2.37. The van der Waals surface area contributed by atoms with Crippen LogP contribution in [0.15, 0.2) is 54.7 Å². The van der Waals surface area contributed by atoms with Gasteiger partial charge in [-0.2, -0.15) is 0 Å². The number of benzene rings is 2. The van der Waals surface area contributed by atoms with Crippen molar-refractivity contribution in [2.75, 3.05) is 25.0 Å². The Morgan fingerprint density at radius 1 is 1.09 bits per heavy atom. The second kappa shape index (κ2) is 10.1. The molecule has 2 aromatic carbocycles. The van der Waals surface area contributed by atoms with Gasteiger partial charge in [-0.1, -0.05) is 42.0 Å². The van der Waals surface area contributed by atoms with Crippen LogP contribution >= 0.6 is 0 Å². The number of aliphatic hydroxyl groups excluding tert-OH is 1. The van der Waals surface area contributed by atoms with Crippen LogP contribution in [-0.2, 0) is 11.4 Å². The molecular weight excluding hydrogens is 424 g/mol. The molecule has 178 valence electrons. The number of carbonyl (C=O) groups is 1. The predicted molar refractivity (Wildman–Crippen MR) is 136 cm³/mol. The van der Waals surface area contributed by atoms with Crippen LogP contribution in [0.2, 0.25) is 0 Å². The summed E-state index contributed by atoms with van der Waals surface area (Å²) >= 11 is 0. The molecule has 1 aliphatic heterocycles. The molecule has 0 bridgehead atoms. The minimum Gasteiger partial charge on any atom is -0.392 e. The standard InChI is InChI=1S/C28H34N4O2/c1-19-6-7-21-12-13-29-28(26(21)14-19)30-15-27(34)31-23-16-32(17-23)24-10-8-20(9-11-24)25-5-3-2-4-22(25)18-33/h2-7,12-14,20,23-24,33H,8-11,15-18H2,1H3,(H,29,30)(H,31,34). The largest absolute Gasteiger partial charge is 0.392 e. The Morgan fingerprint density at radius 2 is 1.88 bits per heavy atom. The summed E-state index contributed by atoms with van der Waals surface area (Å²) < 4.78 is 0. The number of amides is 1. The van der Waals surface area contributed by atoms with Gasteiger partial charge in [0, 0.05) is 30.7 Å². The number of anilines is 1. The number of aryl methyl sites for hydroxylation is 1. The van der Waals surface area contributed by atoms with E-state index in [0.717, 1.165) is 48.1 Å². The number of nitrogens with one attached hydrogen (secondary N) is 2. The molecule has 6 heteroatoms. The number of carbonyl (C=O) groups excluding carboxylic acids is 1. The first-order valence-corrected chi connectivity index (χ1v) is 12.4. The highest BCUT2D eigenvalue weighted by atomic mass is 16.3. The zero-order valence-electron chi connectivity index (χ0n) is 19.8. The average molecular weight is 459 g/mol. The molecule has 2 fully saturated rings. The minimum atomic E-state index is 0.0143. The van der Waals surface area contributed by atoms with Crippen LogP contribution in [0.1, 0.15) is 48.3 Å². The SMILES string of the molecule is Cc1ccc2ccnc(NCC(=O)NC3CN(C4CCC(c5ccccc5CO)CC4)C3)c2c1. The molecule has 3 N–H and O–H groups in total. The lowest BCUT2D eigenvalue weighted by Crippen LogP contribution is -2.63. The highest BCUT2D eigenvalue weighted by Gasteiger charge is 2.35. The monoisotopic (exact) mass is 458 g/mol. The molecule has 2 heterocycles. The van der Waals surface area contributed by atoms with Gasteiger partial charge < -0.3 is 15.7 Å². The van der Waals surface area contributed by atoms with Gasteiger partial charge >= 0.3 is 0 Å². The maximum atomic E-state index is 12.5. The highest BCUT2D eigenvalue weighted by molar-refractivity contribution is 5.93. The molecule has 0 radical (unpaired) electrons. The van der Waals surface area contributed by atoms with Crippen molar-refractivity contribution in [3.05, 3.63) is 71.4 Å². The van der Waals surface area contributed by atoms with Crippen molar-refractivity contribution in [3.8, 4) is 0 Å². The molecule has 2 aliphatic rings. The topological polar surface area (TPSA) is 77.5 Å². The second-order valence-electron chi connectivity index (χ2n) is 9.82. The van der Waals surface area contributed by atoms with Crippen LogP contribution in [0.25, 0.3) is 10.8 Å². The summed E-state index contributed by atoms with van der Waals surface area (Å²) in [6.07, 6.45) is 6.46. The molecule has 1 saturated heterocycles. The van der Waals surface area contributed by atoms with Crippen LogP contribution in [0.4, 0.5) is 5.82 Å². The van der Waals surface area contributed by atoms with E-state index in [1.54, 1.807) is 6.20 Å². The number of aromatic nitrogens is 1. The van der Waals surface area contributed by atoms with Crippen molar-refractivity contribution in [2.45, 2.75) is 57.2 Å². The Bertz CT molecular complexity index is 1150. The predicted octanol–water partition coefficient (Wildman–Crippen LogP) is 3.97. The lowest BCUT2D eigenvalue weighted by atomic mass is 9.79. The maximum absolute atomic E-state index is 12.5. The van der Waals surface area contributed by atoms with Crippen LogP contribution in [0, 0.1) is 6.92 Å². The van der Waals surface area contributed by atoms with E-state index in [0.29, 0.717) is 12.0 Å². The number of hydrogen-bond acceptors (Lipinski definition) is 5. The summed E-state index contributed by atoms with van der Waals surface area (Å²) in [6.45, 7) is 4.27. The first kappa shape index (κ1) is 22.8. The third-order valence-electron chi connectivity index (χ3n) is 7.49. The lowest BCUT2D eigenvalue weighted by molar-refractivity contribution is -0.121. The molecule has 0 spiro atoms. The summed E-state index contributed by atoms with van der Waals surface area (Å²) in [7, 11) is 0. The van der Waals surface area contributed by atoms with E-state index in [1.807, 2.05) is 18.2 Å². The number of pyridine rings is 1. The van der Waals surface area contributed by atoms with Gasteiger partial charge in [0.25, 0.3) is 0 Å². The quantitative estimate of drug-likeness (QED) is 0.499. The second-order valence-corrected chi connectivity index (χ2v) is 9.82. The van der Waals surface area contributed by atoms with Gasteiger partial charge in [-0.15, -0.1) is 0 Å². The number of likely N-dealkylation sites (tertiary alicyclic amines) is 1. The van der Waals surface area contributed by atoms with Crippen molar-refractivity contribution < 1.29 is 9.90 Å². The van der Waals surface area contributed by atoms with Gasteiger partial charge in [0.1, 0.15) is 5.82 Å². The number of aliphatic hydroxyl groups is 1. The van der Waals surface area contributed by atoms with Gasteiger partial charge in [0.2, 0.25) is 5.91 Å². The van der Waals surface area contributed by atoms with Gasteiger partial charge in [-0.3, -0.25) is 9.69 Å². The molecule has 6 nitrogen and oxygen atoms in total. The third-order valence-corrected chi connectivity index (χ3v) is 7.49. The summed E-state index contributed by atoms with van der Waals surface area (Å²) in [6, 6.07) is 17.4. The normalized spacial score (nSPS) is 21.2. The average Bonchev–Trinajstić information content (AvgIpc) is 2.85. The third kappa shape index (κ3) is 4.93. The van der Waals surface area contributed by atoms with E-state index in [4.69, 9.17) is 0 Å². The van der Waals surface area contributed by atoms with Crippen molar-refractivity contribution in [1.29, 1.82) is 0 Å². The zero-order valence-corrected chi connectivity index (χ0v) is 19.8. The molecule has 34 heavy (non-hydrogen) atoms. The number of rotatable bonds is 7. The number of nitrogens with zero attached hydrogens (tertiary/aromatic N) is 2. The fourth-order valence-electron chi connectivity index (χ4n) is 5.60. The number of fused-ring (bicyclic) bond motifs is 1. The fraction of sp³-hybridized carbons (Fsp3) is 0.429. The Morgan fingerprint density at radius 3 is 2.68 bits per heavy atom. The van der Waals surface area contributed by atoms with Crippen molar-refractivity contribution >= 4 is 22.5 Å². The minimum absolute atomic E-state index is 0.0143. The van der Waals surface area contributed by atoms with Crippen LogP contribution in [0.5, 0.6) is 0 Å². The summed E-state index contributed by atoms with van der Waals surface area (Å²) in [5, 5.41) is 18.2. The molecular formula is C28H34N4O2. The number of hydrogen-bond donors (Lipinski definition) is 3. The Labute approximate surface area is 201 Å². The summed E-state index contributed by atoms with van der Waals surface area (Å²) in [5.41, 5.74) is 3.56. The van der Waals surface area contributed by atoms with Crippen LogP contribution in [-0.4, -0.2) is 52.6 Å². The van der Waals surface area contributed by atoms with E-state index in [-0.39, 0.29) is 25.1 Å². The van der Waals surface area contributed by atoms with Gasteiger partial charge in [0.05, 0.1) is 19.2 Å². The van der Waals surface area contributed by atoms with Crippen LogP contribution < -0.4 is 10.6 Å². The molecule has 1 aromatic heterocycles.